The highest BCUT2D eigenvalue weighted by Crippen LogP contribution is 2.32. The third-order valence-electron chi connectivity index (χ3n) is 2.43. The van der Waals surface area contributed by atoms with Crippen LogP contribution in [0.4, 0.5) is 0 Å². The summed E-state index contributed by atoms with van der Waals surface area (Å²) in [6.07, 6.45) is -0.0872. The summed E-state index contributed by atoms with van der Waals surface area (Å²) < 4.78 is 12.8. The van der Waals surface area contributed by atoms with Gasteiger partial charge < -0.3 is 14.8 Å². The number of amides is 1. The van der Waals surface area contributed by atoms with Gasteiger partial charge in [-0.05, 0) is 51.8 Å². The Morgan fingerprint density at radius 1 is 1.61 bits per heavy atom. The number of carbonyl (C=O) groups excluding carboxylic acids is 1. The summed E-state index contributed by atoms with van der Waals surface area (Å²) in [5.74, 6) is -0.649. The summed E-state index contributed by atoms with van der Waals surface area (Å²) in [4.78, 5) is 12.5. The zero-order valence-electron chi connectivity index (χ0n) is 9.96. The van der Waals surface area contributed by atoms with Crippen molar-refractivity contribution in [1.82, 2.24) is 5.32 Å². The maximum absolute atomic E-state index is 11.9. The minimum Gasteiger partial charge on any atom is -0.349 e. The fourth-order valence-corrected chi connectivity index (χ4v) is 3.57. The third kappa shape index (κ3) is 3.54. The number of thiophene rings is 1. The van der Waals surface area contributed by atoms with Crippen LogP contribution in [0.3, 0.4) is 0 Å². The first kappa shape index (κ1) is 14.5. The lowest BCUT2D eigenvalue weighted by Gasteiger charge is -2.17. The lowest BCUT2D eigenvalue weighted by atomic mass is 10.3. The van der Waals surface area contributed by atoms with Gasteiger partial charge in [0.15, 0.2) is 5.79 Å². The monoisotopic (exact) mass is 397 g/mol. The second kappa shape index (κ2) is 5.58. The molecule has 7 heteroatoms. The molecule has 1 saturated heterocycles. The molecule has 1 aromatic rings. The summed E-state index contributed by atoms with van der Waals surface area (Å²) in [5.41, 5.74) is 0. The Balaban J connectivity index is 1.86. The molecular weight excluding hydrogens is 386 g/mol. The Hall–Kier alpha value is 0.0500. The first-order valence-corrected chi connectivity index (χ1v) is 7.82. The van der Waals surface area contributed by atoms with E-state index in [0.29, 0.717) is 18.0 Å². The fourth-order valence-electron chi connectivity index (χ4n) is 1.62. The summed E-state index contributed by atoms with van der Waals surface area (Å²) in [5, 5.41) is 2.84. The standard InChI is InChI=1S/C11H13Br2NO3S/c1-11(2)16-5-6(17-11)4-14-10(15)8-3-7(12)9(13)18-8/h3,6H,4-5H2,1-2H3,(H,14,15). The van der Waals surface area contributed by atoms with Crippen LogP contribution in [0, 0.1) is 0 Å². The minimum absolute atomic E-state index is 0.0872. The van der Waals surface area contributed by atoms with Crippen molar-refractivity contribution in [3.8, 4) is 0 Å². The van der Waals surface area contributed by atoms with Crippen molar-refractivity contribution in [3.05, 3.63) is 19.2 Å². The van der Waals surface area contributed by atoms with Crippen LogP contribution in [0.15, 0.2) is 14.3 Å². The van der Waals surface area contributed by atoms with Gasteiger partial charge in [-0.25, -0.2) is 0 Å². The van der Waals surface area contributed by atoms with Crippen molar-refractivity contribution >= 4 is 49.1 Å². The van der Waals surface area contributed by atoms with E-state index in [9.17, 15) is 4.79 Å². The molecule has 4 nitrogen and oxygen atoms in total. The number of halogens is 2. The van der Waals surface area contributed by atoms with E-state index in [1.807, 2.05) is 13.8 Å². The Labute approximate surface area is 126 Å². The van der Waals surface area contributed by atoms with Crippen LogP contribution < -0.4 is 5.32 Å². The van der Waals surface area contributed by atoms with Gasteiger partial charge in [0, 0.05) is 11.0 Å². The molecule has 0 radical (unpaired) electrons. The van der Waals surface area contributed by atoms with E-state index >= 15 is 0 Å². The van der Waals surface area contributed by atoms with E-state index in [1.165, 1.54) is 11.3 Å². The molecule has 1 amide bonds. The van der Waals surface area contributed by atoms with Gasteiger partial charge in [-0.2, -0.15) is 0 Å². The largest absolute Gasteiger partial charge is 0.349 e. The molecule has 100 valence electrons. The Morgan fingerprint density at radius 3 is 2.83 bits per heavy atom. The number of rotatable bonds is 3. The highest BCUT2D eigenvalue weighted by Gasteiger charge is 2.32. The van der Waals surface area contributed by atoms with Gasteiger partial charge in [0.05, 0.1) is 15.3 Å². The molecule has 2 heterocycles. The number of nitrogens with one attached hydrogen (secondary N) is 1. The van der Waals surface area contributed by atoms with Crippen LogP contribution in [0.1, 0.15) is 23.5 Å². The maximum atomic E-state index is 11.9. The van der Waals surface area contributed by atoms with Crippen LogP contribution >= 0.6 is 43.2 Å². The average Bonchev–Trinajstić information content (AvgIpc) is 2.80. The predicted octanol–water partition coefficient (Wildman–Crippen LogP) is 3.15. The molecule has 0 aliphatic carbocycles. The Kier molecular flexibility index (Phi) is 4.48. The van der Waals surface area contributed by atoms with Gasteiger partial charge in [-0.1, -0.05) is 0 Å². The second-order valence-electron chi connectivity index (χ2n) is 4.39. The van der Waals surface area contributed by atoms with Crippen LogP contribution in [0.25, 0.3) is 0 Å². The smallest absolute Gasteiger partial charge is 0.261 e. The summed E-state index contributed by atoms with van der Waals surface area (Å²) >= 11 is 8.11. The second-order valence-corrected chi connectivity index (χ2v) is 7.62. The highest BCUT2D eigenvalue weighted by atomic mass is 79.9. The third-order valence-corrected chi connectivity index (χ3v) is 5.68. The van der Waals surface area contributed by atoms with E-state index in [2.05, 4.69) is 37.2 Å². The van der Waals surface area contributed by atoms with Crippen molar-refractivity contribution in [2.45, 2.75) is 25.7 Å². The number of carbonyl (C=O) groups is 1. The quantitative estimate of drug-likeness (QED) is 0.850. The summed E-state index contributed by atoms with van der Waals surface area (Å²) in [6.45, 7) is 4.69. The van der Waals surface area contributed by atoms with Gasteiger partial charge >= 0.3 is 0 Å². The lowest BCUT2D eigenvalue weighted by Crippen LogP contribution is -2.34. The number of ether oxygens (including phenoxy) is 2. The van der Waals surface area contributed by atoms with Gasteiger partial charge in [0.2, 0.25) is 0 Å². The minimum atomic E-state index is -0.551. The predicted molar refractivity (Wildman–Crippen MR) is 77.0 cm³/mol. The SMILES string of the molecule is CC1(C)OCC(CNC(=O)c2cc(Br)c(Br)s2)O1. The highest BCUT2D eigenvalue weighted by molar-refractivity contribution is 9.13. The molecule has 1 aliphatic heterocycles. The van der Waals surface area contributed by atoms with Gasteiger partial charge in [0.25, 0.3) is 5.91 Å². The van der Waals surface area contributed by atoms with E-state index < -0.39 is 5.79 Å². The first-order chi connectivity index (χ1) is 8.37. The molecule has 1 unspecified atom stereocenters. The molecule has 1 atom stereocenters. The van der Waals surface area contributed by atoms with E-state index in [4.69, 9.17) is 9.47 Å². The summed E-state index contributed by atoms with van der Waals surface area (Å²) in [6, 6.07) is 1.79. The molecule has 1 aliphatic rings. The molecule has 2 rings (SSSR count). The van der Waals surface area contributed by atoms with Gasteiger partial charge in [0.1, 0.15) is 6.10 Å². The summed E-state index contributed by atoms with van der Waals surface area (Å²) in [7, 11) is 0. The van der Waals surface area contributed by atoms with Crippen molar-refractivity contribution < 1.29 is 14.3 Å². The van der Waals surface area contributed by atoms with Gasteiger partial charge in [-0.3, -0.25) is 4.79 Å². The van der Waals surface area contributed by atoms with Crippen molar-refractivity contribution in [2.24, 2.45) is 0 Å². The first-order valence-electron chi connectivity index (χ1n) is 5.42. The molecule has 1 aromatic heterocycles. The van der Waals surface area contributed by atoms with Gasteiger partial charge in [-0.15, -0.1) is 11.3 Å². The molecule has 0 saturated carbocycles. The molecule has 0 aromatic carbocycles. The van der Waals surface area contributed by atoms with Crippen LogP contribution in [-0.2, 0) is 9.47 Å². The lowest BCUT2D eigenvalue weighted by molar-refractivity contribution is -0.137. The van der Waals surface area contributed by atoms with E-state index in [-0.39, 0.29) is 12.0 Å². The van der Waals surface area contributed by atoms with E-state index in [1.54, 1.807) is 6.07 Å². The van der Waals surface area contributed by atoms with Crippen molar-refractivity contribution in [2.75, 3.05) is 13.2 Å². The van der Waals surface area contributed by atoms with Crippen LogP contribution in [0.2, 0.25) is 0 Å². The molecule has 0 spiro atoms. The fraction of sp³-hybridized carbons (Fsp3) is 0.545. The molecule has 18 heavy (non-hydrogen) atoms. The number of hydrogen-bond acceptors (Lipinski definition) is 4. The maximum Gasteiger partial charge on any atom is 0.261 e. The Morgan fingerprint density at radius 2 is 2.33 bits per heavy atom. The normalized spacial score (nSPS) is 22.1. The van der Waals surface area contributed by atoms with Crippen molar-refractivity contribution in [3.63, 3.8) is 0 Å². The topological polar surface area (TPSA) is 47.6 Å². The Bertz CT molecular complexity index is 442. The molecule has 1 N–H and O–H groups in total. The van der Waals surface area contributed by atoms with Crippen molar-refractivity contribution in [1.29, 1.82) is 0 Å². The zero-order valence-corrected chi connectivity index (χ0v) is 13.9. The van der Waals surface area contributed by atoms with Crippen LogP contribution in [0.5, 0.6) is 0 Å². The van der Waals surface area contributed by atoms with Crippen LogP contribution in [-0.4, -0.2) is 30.9 Å². The number of hydrogen-bond donors (Lipinski definition) is 1. The van der Waals surface area contributed by atoms with E-state index in [0.717, 1.165) is 8.26 Å². The molecular formula is C11H13Br2NO3S. The average molecular weight is 399 g/mol. The molecule has 1 fully saturated rings. The zero-order chi connectivity index (χ0) is 13.3. The molecule has 0 bridgehead atoms.